The van der Waals surface area contributed by atoms with Gasteiger partial charge in [-0.2, -0.15) is 6.92 Å². The third-order valence-corrected chi connectivity index (χ3v) is 2.37. The molecule has 1 fully saturated rings. The Balaban J connectivity index is 0.000000500. The molecule has 0 saturated heterocycles. The summed E-state index contributed by atoms with van der Waals surface area (Å²) in [4.78, 5) is 11.1. The molecule has 2 aliphatic carbocycles. The Morgan fingerprint density at radius 2 is 2.30 bits per heavy atom. The number of carbonyl (C=O) groups excluding carboxylic acids is 1. The van der Waals surface area contributed by atoms with Gasteiger partial charge in [0.2, 0.25) is 0 Å². The van der Waals surface area contributed by atoms with Crippen molar-refractivity contribution in [2.75, 3.05) is 0 Å². The molecule has 2 rings (SSSR count). The molecule has 1 saturated carbocycles. The van der Waals surface area contributed by atoms with Gasteiger partial charge in [-0.25, -0.2) is 0 Å². The largest absolute Gasteiger partial charge is 0.333 e. The van der Waals surface area contributed by atoms with Crippen LogP contribution < -0.4 is 0 Å². The Morgan fingerprint density at radius 1 is 1.60 bits per heavy atom. The van der Waals surface area contributed by atoms with Crippen LogP contribution in [0, 0.1) is 17.8 Å². The van der Waals surface area contributed by atoms with Crippen molar-refractivity contribution in [3.63, 3.8) is 0 Å². The van der Waals surface area contributed by atoms with Gasteiger partial charge in [-0.1, -0.05) is 12.5 Å². The monoisotopic (exact) mass is 210 g/mol. The van der Waals surface area contributed by atoms with Crippen LogP contribution in [-0.2, 0) is 37.5 Å². The van der Waals surface area contributed by atoms with E-state index in [4.69, 9.17) is 0 Å². The standard InChI is InChI=1S/C8H9O.Y/c1-5-6-2-3-7(4-6)8(5)9;/h2-3,6-7H,4H2,1H3;/q-1;. The molecule has 10 heavy (non-hydrogen) atoms. The summed E-state index contributed by atoms with van der Waals surface area (Å²) in [5, 5.41) is 0. The Bertz CT molecular complexity index is 186. The maximum atomic E-state index is 11.1. The number of Topliss-reactive ketones (excluding diaryl/α,β-unsaturated/α-hetero) is 1. The first-order chi connectivity index (χ1) is 4.29. The Labute approximate surface area is 86.1 Å². The molecule has 1 nitrogen and oxygen atoms in total. The first-order valence-corrected chi connectivity index (χ1v) is 3.35. The molecule has 2 unspecified atom stereocenters. The first kappa shape index (κ1) is 8.48. The van der Waals surface area contributed by atoms with Gasteiger partial charge in [-0.05, 0) is 0 Å². The van der Waals surface area contributed by atoms with Crippen molar-refractivity contribution in [3.05, 3.63) is 18.1 Å². The SMILES string of the molecule is C[C-]1C(=O)C2C=CC1C2.[Y]. The van der Waals surface area contributed by atoms with Gasteiger partial charge < -0.3 is 10.7 Å². The predicted molar refractivity (Wildman–Crippen MR) is 34.7 cm³/mol. The summed E-state index contributed by atoms with van der Waals surface area (Å²) in [5.41, 5.74) is 0. The smallest absolute Gasteiger partial charge is 0.00859 e. The molecule has 2 atom stereocenters. The van der Waals surface area contributed by atoms with E-state index in [0.717, 1.165) is 12.3 Å². The fourth-order valence-electron chi connectivity index (χ4n) is 1.69. The second-order valence-electron chi connectivity index (χ2n) is 2.88. The van der Waals surface area contributed by atoms with E-state index in [1.54, 1.807) is 0 Å². The molecule has 0 aromatic heterocycles. The third-order valence-electron chi connectivity index (χ3n) is 2.37. The fraction of sp³-hybridized carbons (Fsp3) is 0.500. The Hall–Kier alpha value is 0.384. The summed E-state index contributed by atoms with van der Waals surface area (Å²) >= 11 is 0. The quantitative estimate of drug-likeness (QED) is 0.435. The summed E-state index contributed by atoms with van der Waals surface area (Å²) < 4.78 is 0. The number of hydrogen-bond acceptors (Lipinski definition) is 1. The zero-order valence-corrected chi connectivity index (χ0v) is 8.84. The van der Waals surface area contributed by atoms with Gasteiger partial charge in [0, 0.05) is 44.4 Å². The van der Waals surface area contributed by atoms with Crippen LogP contribution in [-0.4, -0.2) is 5.78 Å². The van der Waals surface area contributed by atoms with Crippen LogP contribution in [0.25, 0.3) is 0 Å². The minimum absolute atomic E-state index is 0. The Kier molecular flexibility index (Phi) is 2.36. The Morgan fingerprint density at radius 3 is 2.60 bits per heavy atom. The van der Waals surface area contributed by atoms with Gasteiger partial charge in [0.1, 0.15) is 0 Å². The van der Waals surface area contributed by atoms with Crippen molar-refractivity contribution in [2.45, 2.75) is 13.3 Å². The number of hydrogen-bond donors (Lipinski definition) is 0. The molecule has 0 heterocycles. The van der Waals surface area contributed by atoms with E-state index >= 15 is 0 Å². The van der Waals surface area contributed by atoms with Gasteiger partial charge >= 0.3 is 0 Å². The minimum Gasteiger partial charge on any atom is -0.333 e. The molecule has 0 aromatic carbocycles. The topological polar surface area (TPSA) is 17.1 Å². The average Bonchev–Trinajstić information content (AvgIpc) is 2.37. The summed E-state index contributed by atoms with van der Waals surface area (Å²) in [6, 6.07) is 0. The van der Waals surface area contributed by atoms with Crippen LogP contribution in [0.3, 0.4) is 0 Å². The third kappa shape index (κ3) is 1.000. The zero-order chi connectivity index (χ0) is 6.43. The normalized spacial score (nSPS) is 34.9. The van der Waals surface area contributed by atoms with Crippen LogP contribution in [0.2, 0.25) is 0 Å². The predicted octanol–water partition coefficient (Wildman–Crippen LogP) is 1.35. The number of ketones is 1. The second-order valence-corrected chi connectivity index (χ2v) is 2.88. The summed E-state index contributed by atoms with van der Waals surface area (Å²) in [7, 11) is 0. The van der Waals surface area contributed by atoms with E-state index in [1.807, 2.05) is 13.0 Å². The molecule has 1 radical (unpaired) electrons. The van der Waals surface area contributed by atoms with Crippen molar-refractivity contribution >= 4 is 5.78 Å². The average molecular weight is 210 g/mol. The van der Waals surface area contributed by atoms with E-state index in [0.29, 0.717) is 11.7 Å². The van der Waals surface area contributed by atoms with E-state index in [9.17, 15) is 4.79 Å². The van der Waals surface area contributed by atoms with E-state index < -0.39 is 0 Å². The molecule has 0 aliphatic heterocycles. The molecule has 51 valence electrons. The molecule has 0 aromatic rings. The number of fused-ring (bicyclic) bond motifs is 2. The second kappa shape index (κ2) is 2.79. The summed E-state index contributed by atoms with van der Waals surface area (Å²) in [6.07, 6.45) is 5.26. The fourth-order valence-corrected chi connectivity index (χ4v) is 1.69. The minimum atomic E-state index is 0. The number of carbonyl (C=O) groups is 1. The van der Waals surface area contributed by atoms with Gasteiger partial charge in [0.15, 0.2) is 0 Å². The van der Waals surface area contributed by atoms with Gasteiger partial charge in [-0.3, -0.25) is 0 Å². The van der Waals surface area contributed by atoms with E-state index in [-0.39, 0.29) is 38.6 Å². The van der Waals surface area contributed by atoms with Crippen LogP contribution in [0.5, 0.6) is 0 Å². The molecular weight excluding hydrogens is 201 g/mol. The van der Waals surface area contributed by atoms with Crippen LogP contribution in [0.15, 0.2) is 12.2 Å². The van der Waals surface area contributed by atoms with Gasteiger partial charge in [-0.15, -0.1) is 12.0 Å². The molecule has 2 heteroatoms. The summed E-state index contributed by atoms with van der Waals surface area (Å²) in [6.45, 7) is 1.95. The number of allylic oxidation sites excluding steroid dienone is 2. The maximum Gasteiger partial charge on any atom is 0.00859 e. The summed E-state index contributed by atoms with van der Waals surface area (Å²) in [5.74, 6) is 2.21. The molecular formula is C8H9OY-. The number of rotatable bonds is 0. The molecule has 2 bridgehead atoms. The molecule has 0 N–H and O–H groups in total. The first-order valence-electron chi connectivity index (χ1n) is 3.35. The molecule has 0 amide bonds. The maximum absolute atomic E-state index is 11.1. The van der Waals surface area contributed by atoms with E-state index in [1.165, 1.54) is 0 Å². The van der Waals surface area contributed by atoms with Crippen molar-refractivity contribution in [2.24, 2.45) is 11.8 Å². The van der Waals surface area contributed by atoms with Crippen LogP contribution in [0.4, 0.5) is 0 Å². The van der Waals surface area contributed by atoms with Gasteiger partial charge in [0.05, 0.1) is 0 Å². The van der Waals surface area contributed by atoms with Crippen molar-refractivity contribution in [1.82, 2.24) is 0 Å². The zero-order valence-electron chi connectivity index (χ0n) is 6.00. The molecule has 0 spiro atoms. The van der Waals surface area contributed by atoms with Crippen molar-refractivity contribution in [3.8, 4) is 0 Å². The molecule has 2 aliphatic rings. The van der Waals surface area contributed by atoms with Crippen molar-refractivity contribution < 1.29 is 37.5 Å². The van der Waals surface area contributed by atoms with Crippen molar-refractivity contribution in [1.29, 1.82) is 0 Å². The van der Waals surface area contributed by atoms with Gasteiger partial charge in [0.25, 0.3) is 0 Å². The van der Waals surface area contributed by atoms with E-state index in [2.05, 4.69) is 6.08 Å². The van der Waals surface area contributed by atoms with Crippen LogP contribution in [0.1, 0.15) is 13.3 Å². The van der Waals surface area contributed by atoms with Crippen LogP contribution >= 0.6 is 0 Å².